The van der Waals surface area contributed by atoms with E-state index in [9.17, 15) is 9.90 Å². The second kappa shape index (κ2) is 4.99. The summed E-state index contributed by atoms with van der Waals surface area (Å²) >= 11 is 0. The molecule has 0 fully saturated rings. The van der Waals surface area contributed by atoms with Gasteiger partial charge in [-0.15, -0.1) is 0 Å². The number of alkyl carbamates (subject to hydrolysis) is 1. The molecule has 0 spiro atoms. The number of benzene rings is 1. The summed E-state index contributed by atoms with van der Waals surface area (Å²) in [6.07, 6.45) is -1.68. The zero-order valence-corrected chi connectivity index (χ0v) is 9.73. The molecule has 0 saturated carbocycles. The number of ether oxygens (including phenoxy) is 1. The van der Waals surface area contributed by atoms with Gasteiger partial charge in [-0.3, -0.25) is 5.32 Å². The third kappa shape index (κ3) is 4.31. The lowest BCUT2D eigenvalue weighted by Gasteiger charge is -2.21. The third-order valence-corrected chi connectivity index (χ3v) is 1.77. The van der Waals surface area contributed by atoms with Crippen LogP contribution in [0.1, 0.15) is 32.6 Å². The largest absolute Gasteiger partial charge is 0.444 e. The lowest BCUT2D eigenvalue weighted by atomic mass is 10.2. The lowest BCUT2D eigenvalue weighted by Crippen LogP contribution is -2.34. The Hall–Kier alpha value is -1.55. The number of amides is 1. The Morgan fingerprint density at radius 2 is 1.88 bits per heavy atom. The van der Waals surface area contributed by atoms with Gasteiger partial charge in [0.1, 0.15) is 5.60 Å². The van der Waals surface area contributed by atoms with Gasteiger partial charge < -0.3 is 9.84 Å². The van der Waals surface area contributed by atoms with Crippen molar-refractivity contribution in [1.29, 1.82) is 0 Å². The van der Waals surface area contributed by atoms with Gasteiger partial charge >= 0.3 is 6.09 Å². The van der Waals surface area contributed by atoms with E-state index < -0.39 is 17.9 Å². The van der Waals surface area contributed by atoms with Crippen molar-refractivity contribution in [2.75, 3.05) is 0 Å². The molecule has 1 unspecified atom stereocenters. The number of carbonyl (C=O) groups is 1. The van der Waals surface area contributed by atoms with Crippen molar-refractivity contribution in [2.24, 2.45) is 0 Å². The SMILES string of the molecule is CC(C)(C)OC(=O)NC(O)c1ccccc1. The van der Waals surface area contributed by atoms with Crippen molar-refractivity contribution in [3.05, 3.63) is 35.9 Å². The number of rotatable bonds is 2. The minimum Gasteiger partial charge on any atom is -0.444 e. The smallest absolute Gasteiger partial charge is 0.409 e. The Balaban J connectivity index is 2.52. The molecule has 4 heteroatoms. The van der Waals surface area contributed by atoms with Crippen LogP contribution in [0.5, 0.6) is 0 Å². The maximum Gasteiger partial charge on any atom is 0.409 e. The van der Waals surface area contributed by atoms with E-state index in [1.165, 1.54) is 0 Å². The average Bonchev–Trinajstić information content (AvgIpc) is 2.16. The van der Waals surface area contributed by atoms with Crippen LogP contribution in [0.25, 0.3) is 0 Å². The maximum absolute atomic E-state index is 11.3. The number of carbonyl (C=O) groups excluding carboxylic acids is 1. The fourth-order valence-electron chi connectivity index (χ4n) is 1.14. The zero-order valence-electron chi connectivity index (χ0n) is 9.73. The number of nitrogens with one attached hydrogen (secondary N) is 1. The second-order valence-electron chi connectivity index (χ2n) is 4.46. The number of aliphatic hydroxyl groups excluding tert-OH is 1. The first kappa shape index (κ1) is 12.5. The minimum atomic E-state index is -1.05. The van der Waals surface area contributed by atoms with Gasteiger partial charge in [0.2, 0.25) is 0 Å². The van der Waals surface area contributed by atoms with Crippen LogP contribution in [-0.2, 0) is 4.74 Å². The lowest BCUT2D eigenvalue weighted by molar-refractivity contribution is 0.0355. The van der Waals surface area contributed by atoms with Crippen molar-refractivity contribution in [1.82, 2.24) is 5.32 Å². The van der Waals surface area contributed by atoms with Gasteiger partial charge in [0.05, 0.1) is 0 Å². The molecule has 1 aromatic carbocycles. The van der Waals surface area contributed by atoms with Gasteiger partial charge in [0, 0.05) is 5.56 Å². The summed E-state index contributed by atoms with van der Waals surface area (Å²) in [6, 6.07) is 8.86. The predicted octanol–water partition coefficient (Wildman–Crippen LogP) is 2.20. The van der Waals surface area contributed by atoms with Gasteiger partial charge in [0.15, 0.2) is 6.23 Å². The molecule has 0 aliphatic heterocycles. The predicted molar refractivity (Wildman–Crippen MR) is 60.8 cm³/mol. The molecule has 0 radical (unpaired) electrons. The van der Waals surface area contributed by atoms with Crippen molar-refractivity contribution in [3.63, 3.8) is 0 Å². The fourth-order valence-corrected chi connectivity index (χ4v) is 1.14. The summed E-state index contributed by atoms with van der Waals surface area (Å²) in [4.78, 5) is 11.3. The highest BCUT2D eigenvalue weighted by atomic mass is 16.6. The zero-order chi connectivity index (χ0) is 12.2. The summed E-state index contributed by atoms with van der Waals surface area (Å²) in [7, 11) is 0. The molecule has 88 valence electrons. The van der Waals surface area contributed by atoms with Crippen LogP contribution < -0.4 is 5.32 Å². The van der Waals surface area contributed by atoms with Gasteiger partial charge in [-0.05, 0) is 20.8 Å². The first-order valence-corrected chi connectivity index (χ1v) is 5.11. The Morgan fingerprint density at radius 1 is 1.31 bits per heavy atom. The maximum atomic E-state index is 11.3. The molecule has 0 aromatic heterocycles. The molecule has 1 rings (SSSR count). The number of hydrogen-bond acceptors (Lipinski definition) is 3. The van der Waals surface area contributed by atoms with E-state index in [0.717, 1.165) is 0 Å². The summed E-state index contributed by atoms with van der Waals surface area (Å²) in [6.45, 7) is 5.30. The Bertz CT molecular complexity index is 343. The van der Waals surface area contributed by atoms with E-state index in [4.69, 9.17) is 4.74 Å². The van der Waals surface area contributed by atoms with E-state index in [1.54, 1.807) is 45.0 Å². The molecule has 1 aromatic rings. The van der Waals surface area contributed by atoms with E-state index in [1.807, 2.05) is 6.07 Å². The second-order valence-corrected chi connectivity index (χ2v) is 4.46. The van der Waals surface area contributed by atoms with Gasteiger partial charge in [-0.25, -0.2) is 4.79 Å². The Kier molecular flexibility index (Phi) is 3.90. The summed E-state index contributed by atoms with van der Waals surface area (Å²) in [5.41, 5.74) is 0.0499. The monoisotopic (exact) mass is 223 g/mol. The Labute approximate surface area is 95.2 Å². The molecular weight excluding hydrogens is 206 g/mol. The molecular formula is C12H17NO3. The highest BCUT2D eigenvalue weighted by molar-refractivity contribution is 5.68. The topological polar surface area (TPSA) is 58.6 Å². The normalized spacial score (nSPS) is 13.0. The number of hydrogen-bond donors (Lipinski definition) is 2. The molecule has 4 nitrogen and oxygen atoms in total. The molecule has 0 heterocycles. The summed E-state index contributed by atoms with van der Waals surface area (Å²) in [5, 5.41) is 12.0. The first-order chi connectivity index (χ1) is 7.38. The van der Waals surface area contributed by atoms with Crippen molar-refractivity contribution in [2.45, 2.75) is 32.6 Å². The van der Waals surface area contributed by atoms with Crippen molar-refractivity contribution >= 4 is 6.09 Å². The minimum absolute atomic E-state index is 0.569. The van der Waals surface area contributed by atoms with E-state index in [2.05, 4.69) is 5.32 Å². The van der Waals surface area contributed by atoms with Crippen molar-refractivity contribution < 1.29 is 14.6 Å². The molecule has 0 aliphatic carbocycles. The average molecular weight is 223 g/mol. The fraction of sp³-hybridized carbons (Fsp3) is 0.417. The number of aliphatic hydroxyl groups is 1. The van der Waals surface area contributed by atoms with Gasteiger partial charge in [-0.1, -0.05) is 30.3 Å². The quantitative estimate of drug-likeness (QED) is 0.756. The van der Waals surface area contributed by atoms with Crippen LogP contribution in [0.3, 0.4) is 0 Å². The van der Waals surface area contributed by atoms with Crippen molar-refractivity contribution in [3.8, 4) is 0 Å². The highest BCUT2D eigenvalue weighted by Gasteiger charge is 2.18. The third-order valence-electron chi connectivity index (χ3n) is 1.77. The molecule has 0 saturated heterocycles. The molecule has 1 amide bonds. The van der Waals surface area contributed by atoms with Crippen LogP contribution in [-0.4, -0.2) is 16.8 Å². The summed E-state index contributed by atoms with van der Waals surface area (Å²) < 4.78 is 5.02. The van der Waals surface area contributed by atoms with E-state index >= 15 is 0 Å². The van der Waals surface area contributed by atoms with Gasteiger partial charge in [-0.2, -0.15) is 0 Å². The molecule has 0 bridgehead atoms. The van der Waals surface area contributed by atoms with Crippen LogP contribution in [0.2, 0.25) is 0 Å². The molecule has 1 atom stereocenters. The van der Waals surface area contributed by atoms with Crippen LogP contribution in [0.4, 0.5) is 4.79 Å². The molecule has 2 N–H and O–H groups in total. The van der Waals surface area contributed by atoms with Crippen LogP contribution in [0, 0.1) is 0 Å². The van der Waals surface area contributed by atoms with E-state index in [-0.39, 0.29) is 0 Å². The highest BCUT2D eigenvalue weighted by Crippen LogP contribution is 2.11. The first-order valence-electron chi connectivity index (χ1n) is 5.11. The summed E-state index contributed by atoms with van der Waals surface area (Å²) in [5.74, 6) is 0. The van der Waals surface area contributed by atoms with Crippen LogP contribution in [0.15, 0.2) is 30.3 Å². The van der Waals surface area contributed by atoms with Gasteiger partial charge in [0.25, 0.3) is 0 Å². The standard InChI is InChI=1S/C12H17NO3/c1-12(2,3)16-11(15)13-10(14)9-7-5-4-6-8-9/h4-8,10,14H,1-3H3,(H,13,15). The van der Waals surface area contributed by atoms with Crippen LogP contribution >= 0.6 is 0 Å². The van der Waals surface area contributed by atoms with E-state index in [0.29, 0.717) is 5.56 Å². The molecule has 0 aliphatic rings. The Morgan fingerprint density at radius 3 is 2.38 bits per heavy atom. The molecule has 16 heavy (non-hydrogen) atoms.